The number of aromatic nitrogens is 2. The molecule has 1 heterocycles. The Morgan fingerprint density at radius 2 is 2.43 bits per heavy atom. The maximum Gasteiger partial charge on any atom is 0.148 e. The topological polar surface area (TPSA) is 37.8 Å². The first-order chi connectivity index (χ1) is 6.86. The van der Waals surface area contributed by atoms with E-state index < -0.39 is 0 Å². The van der Waals surface area contributed by atoms with Gasteiger partial charge in [-0.2, -0.15) is 5.10 Å². The van der Waals surface area contributed by atoms with Crippen molar-refractivity contribution in [2.75, 3.05) is 11.9 Å². The van der Waals surface area contributed by atoms with Crippen LogP contribution in [-0.2, 0) is 0 Å². The van der Waals surface area contributed by atoms with Gasteiger partial charge in [0.25, 0.3) is 0 Å². The summed E-state index contributed by atoms with van der Waals surface area (Å²) in [5.41, 5.74) is 0. The van der Waals surface area contributed by atoms with Crippen molar-refractivity contribution < 1.29 is 0 Å². The maximum absolute atomic E-state index is 4.00. The van der Waals surface area contributed by atoms with E-state index in [4.69, 9.17) is 0 Å². The predicted octanol–water partition coefficient (Wildman–Crippen LogP) is 2.32. The van der Waals surface area contributed by atoms with E-state index in [1.807, 2.05) is 12.1 Å². The van der Waals surface area contributed by atoms with Crippen LogP contribution in [0.15, 0.2) is 18.3 Å². The molecule has 1 saturated carbocycles. The second-order valence-electron chi connectivity index (χ2n) is 4.16. The summed E-state index contributed by atoms with van der Waals surface area (Å²) >= 11 is 0. The Bertz CT molecular complexity index is 273. The van der Waals surface area contributed by atoms with Crippen LogP contribution in [-0.4, -0.2) is 16.7 Å². The third kappa shape index (κ3) is 2.22. The Morgan fingerprint density at radius 1 is 1.50 bits per heavy atom. The predicted molar refractivity (Wildman–Crippen MR) is 57.0 cm³/mol. The van der Waals surface area contributed by atoms with Gasteiger partial charge in [-0.15, -0.1) is 5.10 Å². The molecule has 0 aromatic carbocycles. The van der Waals surface area contributed by atoms with Gasteiger partial charge in [0.15, 0.2) is 0 Å². The molecule has 1 aliphatic rings. The lowest BCUT2D eigenvalue weighted by molar-refractivity contribution is 0.439. The average molecular weight is 191 g/mol. The highest BCUT2D eigenvalue weighted by Gasteiger charge is 2.22. The minimum absolute atomic E-state index is 0.817. The van der Waals surface area contributed by atoms with Crippen molar-refractivity contribution in [3.8, 4) is 0 Å². The van der Waals surface area contributed by atoms with E-state index in [2.05, 4.69) is 22.4 Å². The molecule has 2 rings (SSSR count). The highest BCUT2D eigenvalue weighted by Crippen LogP contribution is 2.30. The van der Waals surface area contributed by atoms with Gasteiger partial charge < -0.3 is 5.32 Å². The van der Waals surface area contributed by atoms with Crippen LogP contribution in [0.25, 0.3) is 0 Å². The Morgan fingerprint density at radius 3 is 3.07 bits per heavy atom. The van der Waals surface area contributed by atoms with Crippen LogP contribution >= 0.6 is 0 Å². The molecule has 3 heteroatoms. The summed E-state index contributed by atoms with van der Waals surface area (Å²) < 4.78 is 0. The Kier molecular flexibility index (Phi) is 2.96. The fraction of sp³-hybridized carbons (Fsp3) is 0.636. The molecule has 1 aliphatic carbocycles. The number of rotatable bonds is 3. The molecule has 3 nitrogen and oxygen atoms in total. The summed E-state index contributed by atoms with van der Waals surface area (Å²) in [6.45, 7) is 3.38. The largest absolute Gasteiger partial charge is 0.368 e. The Labute approximate surface area is 84.9 Å². The third-order valence-electron chi connectivity index (χ3n) is 3.16. The van der Waals surface area contributed by atoms with Crippen molar-refractivity contribution in [1.29, 1.82) is 0 Å². The second kappa shape index (κ2) is 4.40. The first kappa shape index (κ1) is 9.44. The van der Waals surface area contributed by atoms with Crippen molar-refractivity contribution in [2.45, 2.75) is 26.2 Å². The van der Waals surface area contributed by atoms with E-state index >= 15 is 0 Å². The fourth-order valence-corrected chi connectivity index (χ4v) is 2.16. The summed E-state index contributed by atoms with van der Waals surface area (Å²) in [5.74, 6) is 2.57. The average Bonchev–Trinajstić information content (AvgIpc) is 2.63. The molecule has 0 radical (unpaired) electrons. The van der Waals surface area contributed by atoms with Crippen LogP contribution in [0, 0.1) is 11.8 Å². The third-order valence-corrected chi connectivity index (χ3v) is 3.16. The molecular weight excluding hydrogens is 174 g/mol. The van der Waals surface area contributed by atoms with Crippen LogP contribution in [0.2, 0.25) is 0 Å². The van der Waals surface area contributed by atoms with Crippen LogP contribution in [0.1, 0.15) is 26.2 Å². The van der Waals surface area contributed by atoms with Gasteiger partial charge in [-0.05, 0) is 30.4 Å². The molecule has 1 fully saturated rings. The van der Waals surface area contributed by atoms with Gasteiger partial charge in [0.2, 0.25) is 0 Å². The number of anilines is 1. The molecule has 1 aromatic rings. The van der Waals surface area contributed by atoms with E-state index in [-0.39, 0.29) is 0 Å². The van der Waals surface area contributed by atoms with Gasteiger partial charge in [-0.25, -0.2) is 0 Å². The van der Waals surface area contributed by atoms with Gasteiger partial charge in [0.05, 0.1) is 0 Å². The lowest BCUT2D eigenvalue weighted by atomic mass is 9.98. The van der Waals surface area contributed by atoms with E-state index in [9.17, 15) is 0 Å². The van der Waals surface area contributed by atoms with Crippen molar-refractivity contribution in [1.82, 2.24) is 10.2 Å². The second-order valence-corrected chi connectivity index (χ2v) is 4.16. The monoisotopic (exact) mass is 191 g/mol. The molecule has 0 aliphatic heterocycles. The normalized spacial score (nSPS) is 26.4. The molecule has 2 atom stereocenters. The highest BCUT2D eigenvalue weighted by atomic mass is 15.2. The van der Waals surface area contributed by atoms with Crippen molar-refractivity contribution in [2.24, 2.45) is 11.8 Å². The van der Waals surface area contributed by atoms with Gasteiger partial charge >= 0.3 is 0 Å². The number of hydrogen-bond acceptors (Lipinski definition) is 3. The molecule has 1 aromatic heterocycles. The first-order valence-electron chi connectivity index (χ1n) is 5.38. The molecule has 0 bridgehead atoms. The van der Waals surface area contributed by atoms with E-state index in [1.54, 1.807) is 6.20 Å². The van der Waals surface area contributed by atoms with Crippen molar-refractivity contribution >= 4 is 5.82 Å². The van der Waals surface area contributed by atoms with Gasteiger partial charge in [0.1, 0.15) is 5.82 Å². The molecule has 2 unspecified atom stereocenters. The lowest BCUT2D eigenvalue weighted by Gasteiger charge is -2.15. The van der Waals surface area contributed by atoms with Gasteiger partial charge in [-0.3, -0.25) is 0 Å². The number of nitrogens with zero attached hydrogens (tertiary/aromatic N) is 2. The molecule has 76 valence electrons. The van der Waals surface area contributed by atoms with Crippen LogP contribution in [0.4, 0.5) is 5.82 Å². The number of hydrogen-bond donors (Lipinski definition) is 1. The quantitative estimate of drug-likeness (QED) is 0.796. The lowest BCUT2D eigenvalue weighted by Crippen LogP contribution is -2.17. The molecule has 0 amide bonds. The number of nitrogens with one attached hydrogen (secondary N) is 1. The summed E-state index contributed by atoms with van der Waals surface area (Å²) in [6.07, 6.45) is 5.82. The maximum atomic E-state index is 4.00. The van der Waals surface area contributed by atoms with Crippen molar-refractivity contribution in [3.63, 3.8) is 0 Å². The smallest absolute Gasteiger partial charge is 0.148 e. The first-order valence-corrected chi connectivity index (χ1v) is 5.38. The van der Waals surface area contributed by atoms with Crippen molar-refractivity contribution in [3.05, 3.63) is 18.3 Å². The minimum atomic E-state index is 0.817. The van der Waals surface area contributed by atoms with E-state index in [1.165, 1.54) is 19.3 Å². The minimum Gasteiger partial charge on any atom is -0.368 e. The summed E-state index contributed by atoms with van der Waals surface area (Å²) in [5, 5.41) is 11.2. The summed E-state index contributed by atoms with van der Waals surface area (Å²) in [4.78, 5) is 0. The fourth-order valence-electron chi connectivity index (χ4n) is 2.16. The Hall–Kier alpha value is -1.12. The van der Waals surface area contributed by atoms with Crippen LogP contribution in [0.3, 0.4) is 0 Å². The molecule has 14 heavy (non-hydrogen) atoms. The van der Waals surface area contributed by atoms with E-state index in [0.29, 0.717) is 0 Å². The Balaban J connectivity index is 1.82. The van der Waals surface area contributed by atoms with E-state index in [0.717, 1.165) is 24.2 Å². The zero-order valence-corrected chi connectivity index (χ0v) is 8.61. The summed E-state index contributed by atoms with van der Waals surface area (Å²) in [6, 6.07) is 3.88. The highest BCUT2D eigenvalue weighted by molar-refractivity contribution is 5.31. The van der Waals surface area contributed by atoms with Gasteiger partial charge in [-0.1, -0.05) is 19.8 Å². The van der Waals surface area contributed by atoms with Crippen LogP contribution in [0.5, 0.6) is 0 Å². The van der Waals surface area contributed by atoms with Gasteiger partial charge in [0, 0.05) is 12.7 Å². The SMILES string of the molecule is CC1CCCC1CNc1cccnn1. The summed E-state index contributed by atoms with van der Waals surface area (Å²) in [7, 11) is 0. The van der Waals surface area contributed by atoms with Crippen LogP contribution < -0.4 is 5.32 Å². The zero-order chi connectivity index (χ0) is 9.80. The molecule has 0 spiro atoms. The molecule has 1 N–H and O–H groups in total. The zero-order valence-electron chi connectivity index (χ0n) is 8.61. The molecule has 0 saturated heterocycles. The standard InChI is InChI=1S/C11H17N3/c1-9-4-2-5-10(9)8-12-11-6-3-7-13-14-11/h3,6-7,9-10H,2,4-5,8H2,1H3,(H,12,14). The molecular formula is C11H17N3.